The SMILES string of the molecule is CCNC(C)(C)C(=O)c1cc2ccccc2s1. The molecule has 0 fully saturated rings. The Morgan fingerprint density at radius 2 is 2.06 bits per heavy atom. The van der Waals surface area contributed by atoms with Crippen molar-refractivity contribution in [2.24, 2.45) is 0 Å². The lowest BCUT2D eigenvalue weighted by atomic mass is 9.97. The molecule has 2 aromatic rings. The fourth-order valence-corrected chi connectivity index (χ4v) is 3.09. The first-order valence-electron chi connectivity index (χ1n) is 5.83. The first-order chi connectivity index (χ1) is 8.04. The van der Waals surface area contributed by atoms with Gasteiger partial charge in [-0.2, -0.15) is 0 Å². The van der Waals surface area contributed by atoms with E-state index in [9.17, 15) is 4.79 Å². The molecule has 1 heterocycles. The molecule has 0 spiro atoms. The van der Waals surface area contributed by atoms with Gasteiger partial charge in [0.1, 0.15) is 0 Å². The highest BCUT2D eigenvalue weighted by Gasteiger charge is 2.28. The Balaban J connectivity index is 2.37. The minimum absolute atomic E-state index is 0.167. The Labute approximate surface area is 106 Å². The zero-order valence-corrected chi connectivity index (χ0v) is 11.2. The van der Waals surface area contributed by atoms with E-state index < -0.39 is 5.54 Å². The summed E-state index contributed by atoms with van der Waals surface area (Å²) in [4.78, 5) is 13.2. The summed E-state index contributed by atoms with van der Waals surface area (Å²) in [5, 5.41) is 4.37. The molecule has 0 amide bonds. The third kappa shape index (κ3) is 2.40. The monoisotopic (exact) mass is 247 g/mol. The van der Waals surface area contributed by atoms with Gasteiger partial charge in [-0.15, -0.1) is 11.3 Å². The highest BCUT2D eigenvalue weighted by atomic mass is 32.1. The lowest BCUT2D eigenvalue weighted by Gasteiger charge is -2.23. The molecule has 0 radical (unpaired) electrons. The van der Waals surface area contributed by atoms with Crippen LogP contribution in [0.5, 0.6) is 0 Å². The van der Waals surface area contributed by atoms with Crippen molar-refractivity contribution in [1.82, 2.24) is 5.32 Å². The van der Waals surface area contributed by atoms with Gasteiger partial charge in [0.05, 0.1) is 10.4 Å². The number of carbonyl (C=O) groups excluding carboxylic acids is 1. The molecule has 90 valence electrons. The third-order valence-corrected chi connectivity index (χ3v) is 3.95. The number of rotatable bonds is 4. The highest BCUT2D eigenvalue weighted by molar-refractivity contribution is 7.20. The first-order valence-corrected chi connectivity index (χ1v) is 6.64. The normalized spacial score (nSPS) is 11.9. The van der Waals surface area contributed by atoms with Crippen LogP contribution in [0.3, 0.4) is 0 Å². The number of benzene rings is 1. The van der Waals surface area contributed by atoms with Crippen LogP contribution in [-0.4, -0.2) is 17.9 Å². The van der Waals surface area contributed by atoms with Gasteiger partial charge >= 0.3 is 0 Å². The van der Waals surface area contributed by atoms with Crippen LogP contribution in [0.25, 0.3) is 10.1 Å². The average molecular weight is 247 g/mol. The van der Waals surface area contributed by atoms with Gasteiger partial charge in [-0.25, -0.2) is 0 Å². The number of fused-ring (bicyclic) bond motifs is 1. The van der Waals surface area contributed by atoms with Crippen LogP contribution in [-0.2, 0) is 0 Å². The molecule has 0 unspecified atom stereocenters. The van der Waals surface area contributed by atoms with Crippen LogP contribution in [0, 0.1) is 0 Å². The molecule has 0 aliphatic rings. The van der Waals surface area contributed by atoms with Crippen molar-refractivity contribution in [3.8, 4) is 0 Å². The second-order valence-electron chi connectivity index (χ2n) is 4.63. The summed E-state index contributed by atoms with van der Waals surface area (Å²) in [5.74, 6) is 0.167. The van der Waals surface area contributed by atoms with Crippen molar-refractivity contribution in [3.63, 3.8) is 0 Å². The Hall–Kier alpha value is -1.19. The Kier molecular flexibility index (Phi) is 3.31. The molecule has 0 aliphatic carbocycles. The van der Waals surface area contributed by atoms with Crippen LogP contribution in [0.2, 0.25) is 0 Å². The quantitative estimate of drug-likeness (QED) is 0.838. The molecule has 0 atom stereocenters. The minimum atomic E-state index is -0.490. The topological polar surface area (TPSA) is 29.1 Å². The van der Waals surface area contributed by atoms with Gasteiger partial charge in [0, 0.05) is 4.70 Å². The lowest BCUT2D eigenvalue weighted by molar-refractivity contribution is 0.0888. The Morgan fingerprint density at radius 3 is 2.71 bits per heavy atom. The Morgan fingerprint density at radius 1 is 1.35 bits per heavy atom. The fraction of sp³-hybridized carbons (Fsp3) is 0.357. The number of hydrogen-bond acceptors (Lipinski definition) is 3. The van der Waals surface area contributed by atoms with Crippen LogP contribution in [0.15, 0.2) is 30.3 Å². The van der Waals surface area contributed by atoms with E-state index in [-0.39, 0.29) is 5.78 Å². The molecule has 3 heteroatoms. The molecule has 2 nitrogen and oxygen atoms in total. The second-order valence-corrected chi connectivity index (χ2v) is 5.72. The summed E-state index contributed by atoms with van der Waals surface area (Å²) in [6.45, 7) is 6.68. The molecule has 2 rings (SSSR count). The molecule has 1 N–H and O–H groups in total. The van der Waals surface area contributed by atoms with Gasteiger partial charge < -0.3 is 5.32 Å². The summed E-state index contributed by atoms with van der Waals surface area (Å²) in [6, 6.07) is 10.1. The van der Waals surface area contributed by atoms with Crippen LogP contribution >= 0.6 is 11.3 Å². The fourth-order valence-electron chi connectivity index (χ4n) is 1.92. The molecule has 0 saturated heterocycles. The van der Waals surface area contributed by atoms with Crippen LogP contribution < -0.4 is 5.32 Å². The van der Waals surface area contributed by atoms with E-state index >= 15 is 0 Å². The molecular weight excluding hydrogens is 230 g/mol. The smallest absolute Gasteiger partial charge is 0.192 e. The largest absolute Gasteiger partial charge is 0.305 e. The summed E-state index contributed by atoms with van der Waals surface area (Å²) in [5.41, 5.74) is -0.490. The number of ketones is 1. The van der Waals surface area contributed by atoms with E-state index in [4.69, 9.17) is 0 Å². The van der Waals surface area contributed by atoms with E-state index in [2.05, 4.69) is 11.4 Å². The maximum absolute atomic E-state index is 12.4. The maximum atomic E-state index is 12.4. The van der Waals surface area contributed by atoms with Crippen molar-refractivity contribution in [3.05, 3.63) is 35.2 Å². The molecule has 0 bridgehead atoms. The van der Waals surface area contributed by atoms with Gasteiger partial charge in [0.25, 0.3) is 0 Å². The van der Waals surface area contributed by atoms with Crippen LogP contribution in [0.4, 0.5) is 0 Å². The van der Waals surface area contributed by atoms with Crippen LogP contribution in [0.1, 0.15) is 30.4 Å². The number of thiophene rings is 1. The summed E-state index contributed by atoms with van der Waals surface area (Å²) >= 11 is 1.57. The Bertz CT molecular complexity index is 509. The number of hydrogen-bond donors (Lipinski definition) is 1. The summed E-state index contributed by atoms with van der Waals surface area (Å²) in [7, 11) is 0. The van der Waals surface area contributed by atoms with Crippen molar-refractivity contribution in [1.29, 1.82) is 0 Å². The zero-order chi connectivity index (χ0) is 12.5. The standard InChI is InChI=1S/C14H17NOS/c1-4-15-14(2,3)13(16)12-9-10-7-5-6-8-11(10)17-12/h5-9,15H,4H2,1-3H3. The van der Waals surface area contributed by atoms with Crippen molar-refractivity contribution in [2.45, 2.75) is 26.3 Å². The summed E-state index contributed by atoms with van der Waals surface area (Å²) < 4.78 is 1.17. The van der Waals surface area contributed by atoms with E-state index in [1.54, 1.807) is 11.3 Å². The predicted molar refractivity (Wildman–Crippen MR) is 73.9 cm³/mol. The summed E-state index contributed by atoms with van der Waals surface area (Å²) in [6.07, 6.45) is 0. The molecular formula is C14H17NOS. The highest BCUT2D eigenvalue weighted by Crippen LogP contribution is 2.28. The predicted octanol–water partition coefficient (Wildman–Crippen LogP) is 3.47. The average Bonchev–Trinajstić information content (AvgIpc) is 2.71. The van der Waals surface area contributed by atoms with E-state index in [0.29, 0.717) is 0 Å². The number of Topliss-reactive ketones (excluding diaryl/α,β-unsaturated/α-hetero) is 1. The van der Waals surface area contributed by atoms with Gasteiger partial charge in [-0.1, -0.05) is 25.1 Å². The van der Waals surface area contributed by atoms with Gasteiger partial charge in [0.2, 0.25) is 0 Å². The van der Waals surface area contributed by atoms with Crippen molar-refractivity contribution < 1.29 is 4.79 Å². The third-order valence-electron chi connectivity index (χ3n) is 2.84. The molecule has 1 aromatic heterocycles. The van der Waals surface area contributed by atoms with Gasteiger partial charge in [-0.3, -0.25) is 4.79 Å². The lowest BCUT2D eigenvalue weighted by Crippen LogP contribution is -2.46. The van der Waals surface area contributed by atoms with E-state index in [1.807, 2.05) is 45.0 Å². The van der Waals surface area contributed by atoms with Gasteiger partial charge in [0.15, 0.2) is 5.78 Å². The molecule has 17 heavy (non-hydrogen) atoms. The molecule has 1 aromatic carbocycles. The zero-order valence-electron chi connectivity index (χ0n) is 10.4. The number of carbonyl (C=O) groups is 1. The van der Waals surface area contributed by atoms with E-state index in [0.717, 1.165) is 16.8 Å². The maximum Gasteiger partial charge on any atom is 0.192 e. The van der Waals surface area contributed by atoms with Crippen molar-refractivity contribution in [2.75, 3.05) is 6.54 Å². The minimum Gasteiger partial charge on any atom is -0.305 e. The number of nitrogens with one attached hydrogen (secondary N) is 1. The first kappa shape index (κ1) is 12.3. The van der Waals surface area contributed by atoms with E-state index in [1.165, 1.54) is 4.70 Å². The van der Waals surface area contributed by atoms with Gasteiger partial charge in [-0.05, 0) is 37.9 Å². The molecule has 0 saturated carbocycles. The second kappa shape index (κ2) is 4.59. The van der Waals surface area contributed by atoms with Crippen molar-refractivity contribution >= 4 is 27.2 Å². The molecule has 0 aliphatic heterocycles. The number of likely N-dealkylation sites (N-methyl/N-ethyl adjacent to an activating group) is 1.